The minimum atomic E-state index is -0.0557. The lowest BCUT2D eigenvalue weighted by molar-refractivity contribution is 0.198. The second kappa shape index (κ2) is 5.50. The van der Waals surface area contributed by atoms with Gasteiger partial charge in [0.1, 0.15) is 0 Å². The van der Waals surface area contributed by atoms with Crippen LogP contribution in [0.3, 0.4) is 0 Å². The maximum Gasteiger partial charge on any atom is 0.0858 e. The molecule has 0 aliphatic rings. The van der Waals surface area contributed by atoms with E-state index in [1.807, 2.05) is 0 Å². The molecule has 0 amide bonds. The maximum absolute atomic E-state index is 9.70. The van der Waals surface area contributed by atoms with Crippen molar-refractivity contribution in [3.63, 3.8) is 0 Å². The Morgan fingerprint density at radius 2 is 2.43 bits per heavy atom. The largest absolute Gasteiger partial charge is 0.505 e. The molecule has 0 aromatic heterocycles. The predicted molar refractivity (Wildman–Crippen MR) is 26.3 cm³/mol. The number of ether oxygens (including phenoxy) is 1. The molecule has 0 bridgehead atoms. The lowest BCUT2D eigenvalue weighted by Crippen LogP contribution is -1.73. The number of hydrogen-bond acceptors (Lipinski definition) is 1. The lowest BCUT2D eigenvalue weighted by Gasteiger charge is -1.82. The predicted octanol–water partition coefficient (Wildman–Crippen LogP) is 0.967. The van der Waals surface area contributed by atoms with Crippen molar-refractivity contribution in [2.45, 2.75) is 6.42 Å². The highest BCUT2D eigenvalue weighted by molar-refractivity contribution is 4.71. The molecule has 0 unspecified atom stereocenters. The molecule has 1 radical (unpaired) electrons. The number of hydrogen-bond donors (Lipinski definition) is 0. The summed E-state index contributed by atoms with van der Waals surface area (Å²) in [6, 6.07) is 0. The minimum absolute atomic E-state index is 0.0557. The summed E-state index contributed by atoms with van der Waals surface area (Å²) in [5.74, 6) is 0. The Hall–Kier alpha value is -0.500. The molecule has 7 heavy (non-hydrogen) atoms. The van der Waals surface area contributed by atoms with Crippen molar-refractivity contribution in [1.29, 1.82) is 0 Å². The van der Waals surface area contributed by atoms with E-state index >= 15 is 0 Å². The van der Waals surface area contributed by atoms with E-state index in [1.165, 1.54) is 6.26 Å². The molecule has 0 fully saturated rings. The Bertz CT molecular complexity index is 50.0. The molecule has 0 aliphatic heterocycles. The monoisotopic (exact) mass is 101 g/mol. The average Bonchev–Trinajstić information content (AvgIpc) is 1.69. The summed E-state index contributed by atoms with van der Waals surface area (Å²) in [4.78, 5) is 0. The van der Waals surface area contributed by atoms with Gasteiger partial charge in [0.2, 0.25) is 0 Å². The summed E-state index contributed by atoms with van der Waals surface area (Å²) in [7, 11) is 1.56. The lowest BCUT2D eigenvalue weighted by atomic mass is 10.4. The molecule has 0 spiro atoms. The SMILES string of the molecule is CO/C=C/CC[O]. The van der Waals surface area contributed by atoms with Crippen molar-refractivity contribution >= 4 is 0 Å². The molecule has 0 saturated carbocycles. The van der Waals surface area contributed by atoms with Gasteiger partial charge in [-0.2, -0.15) is 0 Å². The van der Waals surface area contributed by atoms with Crippen molar-refractivity contribution in [1.82, 2.24) is 0 Å². The molecular weight excluding hydrogens is 92.1 g/mol. The number of rotatable bonds is 3. The van der Waals surface area contributed by atoms with Gasteiger partial charge in [-0.3, -0.25) is 0 Å². The van der Waals surface area contributed by atoms with Crippen LogP contribution in [0.1, 0.15) is 6.42 Å². The Morgan fingerprint density at radius 3 is 2.86 bits per heavy atom. The van der Waals surface area contributed by atoms with Gasteiger partial charge in [0.05, 0.1) is 20.0 Å². The number of methoxy groups -OCH3 is 1. The molecule has 0 N–H and O–H groups in total. The van der Waals surface area contributed by atoms with E-state index in [-0.39, 0.29) is 6.61 Å². The smallest absolute Gasteiger partial charge is 0.0858 e. The molecule has 0 aliphatic carbocycles. The van der Waals surface area contributed by atoms with Crippen LogP contribution in [0.25, 0.3) is 0 Å². The zero-order valence-corrected chi connectivity index (χ0v) is 4.39. The van der Waals surface area contributed by atoms with Crippen molar-refractivity contribution in [3.8, 4) is 0 Å². The van der Waals surface area contributed by atoms with E-state index in [0.717, 1.165) is 0 Å². The van der Waals surface area contributed by atoms with Crippen LogP contribution in [0.4, 0.5) is 0 Å². The summed E-state index contributed by atoms with van der Waals surface area (Å²) in [6.07, 6.45) is 3.78. The molecule has 0 atom stereocenters. The molecule has 0 rings (SSSR count). The Kier molecular flexibility index (Phi) is 5.11. The van der Waals surface area contributed by atoms with Crippen molar-refractivity contribution in [2.75, 3.05) is 13.7 Å². The van der Waals surface area contributed by atoms with Gasteiger partial charge in [0.15, 0.2) is 0 Å². The summed E-state index contributed by atoms with van der Waals surface area (Å²) < 4.78 is 4.52. The van der Waals surface area contributed by atoms with Crippen LogP contribution in [0.2, 0.25) is 0 Å². The standard InChI is InChI=1S/C5H9O2/c1-7-5-3-2-4-6/h3,5H,2,4H2,1H3/b5-3+. The summed E-state index contributed by atoms with van der Waals surface area (Å²) >= 11 is 0. The highest BCUT2D eigenvalue weighted by atomic mass is 16.5. The van der Waals surface area contributed by atoms with Gasteiger partial charge >= 0.3 is 0 Å². The van der Waals surface area contributed by atoms with Gasteiger partial charge in [-0.25, -0.2) is 5.11 Å². The normalized spacial score (nSPS) is 10.0. The molecule has 2 nitrogen and oxygen atoms in total. The molecule has 0 heterocycles. The quantitative estimate of drug-likeness (QED) is 0.487. The van der Waals surface area contributed by atoms with Crippen molar-refractivity contribution < 1.29 is 9.84 Å². The highest BCUT2D eigenvalue weighted by Crippen LogP contribution is 1.78. The first-order valence-corrected chi connectivity index (χ1v) is 2.17. The molecule has 0 saturated heterocycles. The minimum Gasteiger partial charge on any atom is -0.505 e. The average molecular weight is 101 g/mol. The molecular formula is C5H9O2. The molecule has 2 heteroatoms. The summed E-state index contributed by atoms with van der Waals surface area (Å²) in [5.41, 5.74) is 0. The summed E-state index contributed by atoms with van der Waals surface area (Å²) in [6.45, 7) is -0.0557. The fraction of sp³-hybridized carbons (Fsp3) is 0.600. The van der Waals surface area contributed by atoms with Crippen molar-refractivity contribution in [3.05, 3.63) is 12.3 Å². The van der Waals surface area contributed by atoms with Gasteiger partial charge in [-0.1, -0.05) is 0 Å². The zero-order chi connectivity index (χ0) is 5.54. The topological polar surface area (TPSA) is 29.1 Å². The Balaban J connectivity index is 2.78. The molecule has 41 valence electrons. The third-order valence-corrected chi connectivity index (χ3v) is 0.517. The van der Waals surface area contributed by atoms with E-state index in [2.05, 4.69) is 4.74 Å². The van der Waals surface area contributed by atoms with E-state index in [4.69, 9.17) is 0 Å². The Morgan fingerprint density at radius 1 is 1.71 bits per heavy atom. The summed E-state index contributed by atoms with van der Waals surface area (Å²) in [5, 5.41) is 9.70. The second-order valence-electron chi connectivity index (χ2n) is 1.10. The first kappa shape index (κ1) is 6.50. The van der Waals surface area contributed by atoms with E-state index in [1.54, 1.807) is 13.2 Å². The van der Waals surface area contributed by atoms with Crippen LogP contribution in [0.5, 0.6) is 0 Å². The Labute approximate surface area is 43.4 Å². The van der Waals surface area contributed by atoms with Crippen LogP contribution < -0.4 is 0 Å². The first-order chi connectivity index (χ1) is 3.41. The van der Waals surface area contributed by atoms with E-state index in [9.17, 15) is 5.11 Å². The fourth-order valence-corrected chi connectivity index (χ4v) is 0.232. The fourth-order valence-electron chi connectivity index (χ4n) is 0.232. The zero-order valence-electron chi connectivity index (χ0n) is 4.39. The van der Waals surface area contributed by atoms with E-state index in [0.29, 0.717) is 6.42 Å². The second-order valence-corrected chi connectivity index (χ2v) is 1.10. The maximum atomic E-state index is 9.70. The van der Waals surface area contributed by atoms with Gasteiger partial charge in [-0.05, 0) is 12.5 Å². The van der Waals surface area contributed by atoms with Gasteiger partial charge in [0.25, 0.3) is 0 Å². The third-order valence-electron chi connectivity index (χ3n) is 0.517. The molecule has 0 aromatic carbocycles. The van der Waals surface area contributed by atoms with Gasteiger partial charge in [0, 0.05) is 0 Å². The van der Waals surface area contributed by atoms with Crippen LogP contribution in [0.15, 0.2) is 12.3 Å². The third kappa shape index (κ3) is 5.50. The molecule has 0 aromatic rings. The van der Waals surface area contributed by atoms with Crippen LogP contribution in [-0.4, -0.2) is 13.7 Å². The van der Waals surface area contributed by atoms with Gasteiger partial charge < -0.3 is 4.74 Å². The van der Waals surface area contributed by atoms with Crippen LogP contribution in [0, 0.1) is 0 Å². The first-order valence-electron chi connectivity index (χ1n) is 2.17. The van der Waals surface area contributed by atoms with Crippen LogP contribution >= 0.6 is 0 Å². The van der Waals surface area contributed by atoms with E-state index < -0.39 is 0 Å². The highest BCUT2D eigenvalue weighted by Gasteiger charge is 1.71. The van der Waals surface area contributed by atoms with Gasteiger partial charge in [-0.15, -0.1) is 0 Å². The van der Waals surface area contributed by atoms with Crippen molar-refractivity contribution in [2.24, 2.45) is 0 Å². The van der Waals surface area contributed by atoms with Crippen LogP contribution in [-0.2, 0) is 9.84 Å².